The van der Waals surface area contributed by atoms with Gasteiger partial charge in [-0.2, -0.15) is 0 Å². The first-order chi connectivity index (χ1) is 7.09. The Balaban J connectivity index is 1.90. The first kappa shape index (κ1) is 11.4. The van der Waals surface area contributed by atoms with Crippen LogP contribution >= 0.6 is 0 Å². The molecule has 2 N–H and O–H groups in total. The lowest BCUT2D eigenvalue weighted by Crippen LogP contribution is -2.48. The largest absolute Gasteiger partial charge is 0.381 e. The number of nitrogens with two attached hydrogens (primary N) is 1. The number of nitrogens with zero attached hydrogens (tertiary/aromatic N) is 1. The molecule has 0 aromatic heterocycles. The molecule has 0 bridgehead atoms. The topological polar surface area (TPSA) is 38.5 Å². The molecule has 15 heavy (non-hydrogen) atoms. The van der Waals surface area contributed by atoms with Crippen LogP contribution in [0.5, 0.6) is 0 Å². The maximum Gasteiger partial charge on any atom is 0.0521 e. The standard InChI is InChI=1S/C12H24N2O/c1-12(2)5-3-6-14(12)8-10-9-15-7-4-11(10)13/h10-11H,3-9,13H2,1-2H3. The molecule has 0 aromatic rings. The minimum atomic E-state index is 0.343. The molecule has 3 nitrogen and oxygen atoms in total. The number of hydrogen-bond acceptors (Lipinski definition) is 3. The first-order valence-corrected chi connectivity index (χ1v) is 6.18. The molecule has 2 fully saturated rings. The van der Waals surface area contributed by atoms with E-state index in [1.165, 1.54) is 19.4 Å². The zero-order chi connectivity index (χ0) is 10.9. The third-order valence-electron chi connectivity index (χ3n) is 4.06. The average molecular weight is 212 g/mol. The van der Waals surface area contributed by atoms with Gasteiger partial charge in [0.05, 0.1) is 6.61 Å². The SMILES string of the molecule is CC1(C)CCCN1CC1COCCC1N. The van der Waals surface area contributed by atoms with Crippen molar-refractivity contribution in [2.24, 2.45) is 11.7 Å². The van der Waals surface area contributed by atoms with E-state index in [1.54, 1.807) is 0 Å². The molecule has 88 valence electrons. The summed E-state index contributed by atoms with van der Waals surface area (Å²) in [5.74, 6) is 0.538. The van der Waals surface area contributed by atoms with Crippen molar-refractivity contribution in [3.8, 4) is 0 Å². The van der Waals surface area contributed by atoms with Gasteiger partial charge in [-0.1, -0.05) is 0 Å². The molecular formula is C12H24N2O. The van der Waals surface area contributed by atoms with Gasteiger partial charge in [0.25, 0.3) is 0 Å². The van der Waals surface area contributed by atoms with E-state index >= 15 is 0 Å². The van der Waals surface area contributed by atoms with Crippen molar-refractivity contribution in [3.05, 3.63) is 0 Å². The van der Waals surface area contributed by atoms with Gasteiger partial charge in [0.15, 0.2) is 0 Å². The molecule has 0 radical (unpaired) electrons. The summed E-state index contributed by atoms with van der Waals surface area (Å²) in [4.78, 5) is 2.59. The minimum Gasteiger partial charge on any atom is -0.381 e. The van der Waals surface area contributed by atoms with E-state index in [1.807, 2.05) is 0 Å². The van der Waals surface area contributed by atoms with Gasteiger partial charge in [0, 0.05) is 30.7 Å². The Morgan fingerprint density at radius 2 is 2.27 bits per heavy atom. The number of hydrogen-bond donors (Lipinski definition) is 1. The van der Waals surface area contributed by atoms with Crippen LogP contribution < -0.4 is 5.73 Å². The molecule has 0 amide bonds. The van der Waals surface area contributed by atoms with Crippen LogP contribution in [0.2, 0.25) is 0 Å². The summed E-state index contributed by atoms with van der Waals surface area (Å²) >= 11 is 0. The summed E-state index contributed by atoms with van der Waals surface area (Å²) in [5, 5.41) is 0. The fraction of sp³-hybridized carbons (Fsp3) is 1.00. The van der Waals surface area contributed by atoms with Gasteiger partial charge >= 0.3 is 0 Å². The summed E-state index contributed by atoms with van der Waals surface area (Å²) < 4.78 is 5.52. The lowest BCUT2D eigenvalue weighted by molar-refractivity contribution is 0.0164. The van der Waals surface area contributed by atoms with Crippen LogP contribution in [0.1, 0.15) is 33.1 Å². The Kier molecular flexibility index (Phi) is 3.33. The summed E-state index contributed by atoms with van der Waals surface area (Å²) in [6.07, 6.45) is 3.67. The summed E-state index contributed by atoms with van der Waals surface area (Å²) in [5.41, 5.74) is 6.51. The second kappa shape index (κ2) is 4.40. The van der Waals surface area contributed by atoms with Gasteiger partial charge in [-0.3, -0.25) is 4.90 Å². The van der Waals surface area contributed by atoms with Gasteiger partial charge in [-0.05, 0) is 39.7 Å². The zero-order valence-corrected chi connectivity index (χ0v) is 10.0. The fourth-order valence-corrected chi connectivity index (χ4v) is 2.79. The molecule has 2 saturated heterocycles. The molecular weight excluding hydrogens is 188 g/mol. The van der Waals surface area contributed by atoms with Gasteiger partial charge in [-0.15, -0.1) is 0 Å². The van der Waals surface area contributed by atoms with E-state index in [0.29, 0.717) is 17.5 Å². The molecule has 2 aliphatic heterocycles. The molecule has 2 rings (SSSR count). The molecule has 0 aromatic carbocycles. The zero-order valence-electron chi connectivity index (χ0n) is 10.0. The molecule has 0 aliphatic carbocycles. The monoisotopic (exact) mass is 212 g/mol. The maximum atomic E-state index is 6.14. The molecule has 2 unspecified atom stereocenters. The van der Waals surface area contributed by atoms with Crippen LogP contribution in [0.15, 0.2) is 0 Å². The average Bonchev–Trinajstić information content (AvgIpc) is 2.50. The van der Waals surface area contributed by atoms with E-state index in [4.69, 9.17) is 10.5 Å². The van der Waals surface area contributed by atoms with E-state index in [9.17, 15) is 0 Å². The van der Waals surface area contributed by atoms with Gasteiger partial charge in [0.2, 0.25) is 0 Å². The van der Waals surface area contributed by atoms with E-state index in [2.05, 4.69) is 18.7 Å². The molecule has 2 heterocycles. The predicted molar refractivity (Wildman–Crippen MR) is 61.8 cm³/mol. The Bertz CT molecular complexity index is 218. The van der Waals surface area contributed by atoms with Gasteiger partial charge < -0.3 is 10.5 Å². The summed E-state index contributed by atoms with van der Waals surface area (Å²) in [6.45, 7) is 8.74. The number of likely N-dealkylation sites (tertiary alicyclic amines) is 1. The third-order valence-corrected chi connectivity index (χ3v) is 4.06. The van der Waals surface area contributed by atoms with Crippen molar-refractivity contribution in [2.75, 3.05) is 26.3 Å². The second-order valence-corrected chi connectivity index (χ2v) is 5.65. The fourth-order valence-electron chi connectivity index (χ4n) is 2.79. The summed E-state index contributed by atoms with van der Waals surface area (Å²) in [7, 11) is 0. The van der Waals surface area contributed by atoms with Crippen molar-refractivity contribution < 1.29 is 4.74 Å². The van der Waals surface area contributed by atoms with E-state index < -0.39 is 0 Å². The van der Waals surface area contributed by atoms with Crippen molar-refractivity contribution in [3.63, 3.8) is 0 Å². The number of ether oxygens (including phenoxy) is 1. The minimum absolute atomic E-state index is 0.343. The van der Waals surface area contributed by atoms with Crippen LogP contribution in [0.3, 0.4) is 0 Å². The highest BCUT2D eigenvalue weighted by Crippen LogP contribution is 2.29. The highest BCUT2D eigenvalue weighted by Gasteiger charge is 2.35. The Labute approximate surface area is 93.0 Å². The van der Waals surface area contributed by atoms with Crippen LogP contribution in [0, 0.1) is 5.92 Å². The normalized spacial score (nSPS) is 37.0. The van der Waals surface area contributed by atoms with Gasteiger partial charge in [0.1, 0.15) is 0 Å². The van der Waals surface area contributed by atoms with E-state index in [-0.39, 0.29) is 0 Å². The molecule has 0 saturated carbocycles. The third kappa shape index (κ3) is 2.52. The number of rotatable bonds is 2. The van der Waals surface area contributed by atoms with Crippen LogP contribution in [0.4, 0.5) is 0 Å². The quantitative estimate of drug-likeness (QED) is 0.748. The van der Waals surface area contributed by atoms with Crippen molar-refractivity contribution >= 4 is 0 Å². The summed E-state index contributed by atoms with van der Waals surface area (Å²) in [6, 6.07) is 0.343. The van der Waals surface area contributed by atoms with Crippen LogP contribution in [-0.4, -0.2) is 42.8 Å². The lowest BCUT2D eigenvalue weighted by Gasteiger charge is -2.37. The lowest BCUT2D eigenvalue weighted by atomic mass is 9.94. The predicted octanol–water partition coefficient (Wildman–Crippen LogP) is 1.22. The van der Waals surface area contributed by atoms with Crippen LogP contribution in [-0.2, 0) is 4.74 Å². The Morgan fingerprint density at radius 3 is 2.87 bits per heavy atom. The molecule has 2 aliphatic rings. The first-order valence-electron chi connectivity index (χ1n) is 6.18. The molecule has 2 atom stereocenters. The van der Waals surface area contributed by atoms with Crippen LogP contribution in [0.25, 0.3) is 0 Å². The second-order valence-electron chi connectivity index (χ2n) is 5.65. The molecule has 3 heteroatoms. The van der Waals surface area contributed by atoms with Crippen molar-refractivity contribution in [2.45, 2.75) is 44.7 Å². The Morgan fingerprint density at radius 1 is 1.47 bits per heavy atom. The molecule has 0 spiro atoms. The maximum absolute atomic E-state index is 6.14. The van der Waals surface area contributed by atoms with Gasteiger partial charge in [-0.25, -0.2) is 0 Å². The highest BCUT2D eigenvalue weighted by molar-refractivity contribution is 4.90. The van der Waals surface area contributed by atoms with Crippen molar-refractivity contribution in [1.29, 1.82) is 0 Å². The van der Waals surface area contributed by atoms with Crippen molar-refractivity contribution in [1.82, 2.24) is 4.90 Å². The highest BCUT2D eigenvalue weighted by atomic mass is 16.5. The smallest absolute Gasteiger partial charge is 0.0521 e. The Hall–Kier alpha value is -0.120. The van der Waals surface area contributed by atoms with E-state index in [0.717, 1.165) is 26.2 Å².